The van der Waals surface area contributed by atoms with Gasteiger partial charge in [-0.05, 0) is 31.7 Å². The van der Waals surface area contributed by atoms with Crippen molar-refractivity contribution in [2.45, 2.75) is 57.4 Å². The molecule has 2 fully saturated rings. The molecular formula is C17H21N5O2. The molecule has 0 spiro atoms. The van der Waals surface area contributed by atoms with Crippen LogP contribution in [0.15, 0.2) is 16.8 Å². The zero-order chi connectivity index (χ0) is 16.7. The summed E-state index contributed by atoms with van der Waals surface area (Å²) in [5.74, 6) is 2.54. The van der Waals surface area contributed by atoms with E-state index in [4.69, 9.17) is 4.52 Å². The minimum absolute atomic E-state index is 0.0716. The van der Waals surface area contributed by atoms with Crippen LogP contribution >= 0.6 is 0 Å². The summed E-state index contributed by atoms with van der Waals surface area (Å²) < 4.78 is 5.31. The van der Waals surface area contributed by atoms with E-state index in [2.05, 4.69) is 20.1 Å². The van der Waals surface area contributed by atoms with Gasteiger partial charge in [-0.3, -0.25) is 4.79 Å². The van der Waals surface area contributed by atoms with Gasteiger partial charge in [-0.15, -0.1) is 0 Å². The van der Waals surface area contributed by atoms with Crippen LogP contribution in [0.25, 0.3) is 0 Å². The fraction of sp³-hybridized carbons (Fsp3) is 0.588. The highest BCUT2D eigenvalue weighted by atomic mass is 16.5. The molecule has 4 rings (SSSR count). The molecule has 2 aromatic rings. The highest BCUT2D eigenvalue weighted by molar-refractivity contribution is 5.92. The molecule has 7 heteroatoms. The first kappa shape index (κ1) is 15.2. The molecule has 1 saturated heterocycles. The van der Waals surface area contributed by atoms with Crippen molar-refractivity contribution in [3.63, 3.8) is 0 Å². The van der Waals surface area contributed by atoms with Gasteiger partial charge in [0.1, 0.15) is 11.5 Å². The maximum atomic E-state index is 12.9. The Morgan fingerprint density at radius 2 is 2.08 bits per heavy atom. The van der Waals surface area contributed by atoms with E-state index in [1.54, 1.807) is 12.3 Å². The predicted octanol–water partition coefficient (Wildman–Crippen LogP) is 2.84. The maximum absolute atomic E-state index is 12.9. The number of amides is 1. The Morgan fingerprint density at radius 1 is 1.25 bits per heavy atom. The van der Waals surface area contributed by atoms with E-state index in [1.165, 1.54) is 0 Å². The molecule has 0 N–H and O–H groups in total. The minimum Gasteiger partial charge on any atom is -0.339 e. The van der Waals surface area contributed by atoms with Gasteiger partial charge in [0.05, 0.1) is 6.04 Å². The second-order valence-corrected chi connectivity index (χ2v) is 6.88. The predicted molar refractivity (Wildman–Crippen MR) is 85.4 cm³/mol. The Hall–Kier alpha value is -2.31. The first-order chi connectivity index (χ1) is 11.6. The Balaban J connectivity index is 1.57. The fourth-order valence-electron chi connectivity index (χ4n) is 3.07. The number of carbonyl (C=O) groups excluding carboxylic acids is 1. The lowest BCUT2D eigenvalue weighted by Crippen LogP contribution is -2.32. The van der Waals surface area contributed by atoms with Crippen molar-refractivity contribution in [2.75, 3.05) is 6.54 Å². The molecule has 24 heavy (non-hydrogen) atoms. The van der Waals surface area contributed by atoms with Gasteiger partial charge >= 0.3 is 0 Å². The molecule has 7 nitrogen and oxygen atoms in total. The largest absolute Gasteiger partial charge is 0.339 e. The molecule has 0 aromatic carbocycles. The van der Waals surface area contributed by atoms with Gasteiger partial charge in [0.2, 0.25) is 5.89 Å². The average molecular weight is 327 g/mol. The number of hydrogen-bond donors (Lipinski definition) is 0. The standard InChI is InChI=1S/C17H21N5O2/c1-10(2)16-20-15(21-24-16)13-4-3-9-22(13)17(23)12-7-8-18-14(19-12)11-5-6-11/h7-8,10-11,13H,3-6,9H2,1-2H3/t13-/m0/s1. The first-order valence-corrected chi connectivity index (χ1v) is 8.61. The van der Waals surface area contributed by atoms with Crippen molar-refractivity contribution in [3.05, 3.63) is 35.5 Å². The van der Waals surface area contributed by atoms with Crippen molar-refractivity contribution in [3.8, 4) is 0 Å². The van der Waals surface area contributed by atoms with E-state index in [0.717, 1.165) is 31.5 Å². The van der Waals surface area contributed by atoms with Gasteiger partial charge in [-0.2, -0.15) is 4.98 Å². The van der Waals surface area contributed by atoms with Crippen LogP contribution in [-0.2, 0) is 0 Å². The number of hydrogen-bond acceptors (Lipinski definition) is 6. The van der Waals surface area contributed by atoms with Crippen molar-refractivity contribution in [1.29, 1.82) is 0 Å². The first-order valence-electron chi connectivity index (χ1n) is 8.61. The number of rotatable bonds is 4. The van der Waals surface area contributed by atoms with Crippen LogP contribution in [0, 0.1) is 0 Å². The summed E-state index contributed by atoms with van der Waals surface area (Å²) in [5, 5.41) is 4.09. The smallest absolute Gasteiger partial charge is 0.273 e. The van der Waals surface area contributed by atoms with Crippen molar-refractivity contribution in [2.24, 2.45) is 0 Å². The molecule has 126 valence electrons. The van der Waals surface area contributed by atoms with Crippen LogP contribution in [0.2, 0.25) is 0 Å². The third kappa shape index (κ3) is 2.79. The van der Waals surface area contributed by atoms with Gasteiger partial charge < -0.3 is 9.42 Å². The van der Waals surface area contributed by atoms with Crippen LogP contribution in [0.5, 0.6) is 0 Å². The van der Waals surface area contributed by atoms with Crippen LogP contribution in [0.1, 0.15) is 85.4 Å². The number of carbonyl (C=O) groups is 1. The summed E-state index contributed by atoms with van der Waals surface area (Å²) in [6.45, 7) is 4.71. The molecule has 0 bridgehead atoms. The Kier molecular flexibility index (Phi) is 3.78. The molecule has 1 saturated carbocycles. The highest BCUT2D eigenvalue weighted by Gasteiger charge is 2.35. The zero-order valence-electron chi connectivity index (χ0n) is 14.0. The summed E-state index contributed by atoms with van der Waals surface area (Å²) in [7, 11) is 0. The van der Waals surface area contributed by atoms with E-state index in [9.17, 15) is 4.79 Å². The number of aromatic nitrogens is 4. The summed E-state index contributed by atoms with van der Waals surface area (Å²) in [4.78, 5) is 28.0. The van der Waals surface area contributed by atoms with E-state index in [1.807, 2.05) is 18.7 Å². The minimum atomic E-state index is -0.131. The normalized spacial score (nSPS) is 20.8. The monoisotopic (exact) mass is 327 g/mol. The van der Waals surface area contributed by atoms with Crippen molar-refractivity contribution < 1.29 is 9.32 Å². The second kappa shape index (κ2) is 5.96. The summed E-state index contributed by atoms with van der Waals surface area (Å²) in [6.07, 6.45) is 5.70. The van der Waals surface area contributed by atoms with E-state index < -0.39 is 0 Å². The lowest BCUT2D eigenvalue weighted by Gasteiger charge is -2.21. The van der Waals surface area contributed by atoms with Gasteiger partial charge in [0.15, 0.2) is 5.82 Å². The topological polar surface area (TPSA) is 85.0 Å². The van der Waals surface area contributed by atoms with Gasteiger partial charge in [0.25, 0.3) is 5.91 Å². The molecule has 2 aromatic heterocycles. The molecule has 2 aliphatic rings. The molecule has 1 atom stereocenters. The third-order valence-electron chi connectivity index (χ3n) is 4.60. The Labute approximate surface area is 140 Å². The SMILES string of the molecule is CC(C)c1nc([C@@H]2CCCN2C(=O)c2ccnc(C3CC3)n2)no1. The lowest BCUT2D eigenvalue weighted by molar-refractivity contribution is 0.0721. The summed E-state index contributed by atoms with van der Waals surface area (Å²) in [6, 6.07) is 1.56. The zero-order valence-corrected chi connectivity index (χ0v) is 14.0. The van der Waals surface area contributed by atoms with Crippen LogP contribution in [0.4, 0.5) is 0 Å². The molecule has 1 aliphatic heterocycles. The highest BCUT2D eigenvalue weighted by Crippen LogP contribution is 2.38. The van der Waals surface area contributed by atoms with E-state index in [0.29, 0.717) is 29.9 Å². The molecule has 1 aliphatic carbocycles. The maximum Gasteiger partial charge on any atom is 0.273 e. The van der Waals surface area contributed by atoms with Crippen LogP contribution < -0.4 is 0 Å². The van der Waals surface area contributed by atoms with Crippen molar-refractivity contribution >= 4 is 5.91 Å². The van der Waals surface area contributed by atoms with Crippen LogP contribution in [0.3, 0.4) is 0 Å². The number of nitrogens with zero attached hydrogens (tertiary/aromatic N) is 5. The molecule has 1 amide bonds. The lowest BCUT2D eigenvalue weighted by atomic mass is 10.2. The average Bonchev–Trinajstić information content (AvgIpc) is 3.12. The Morgan fingerprint density at radius 3 is 2.79 bits per heavy atom. The summed E-state index contributed by atoms with van der Waals surface area (Å²) in [5.41, 5.74) is 0.464. The van der Waals surface area contributed by atoms with Crippen LogP contribution in [-0.4, -0.2) is 37.5 Å². The molecule has 3 heterocycles. The second-order valence-electron chi connectivity index (χ2n) is 6.88. The van der Waals surface area contributed by atoms with Gasteiger partial charge in [-0.25, -0.2) is 9.97 Å². The van der Waals surface area contributed by atoms with Gasteiger partial charge in [0, 0.05) is 24.6 Å². The molecule has 0 radical (unpaired) electrons. The molecule has 0 unspecified atom stereocenters. The Bertz CT molecular complexity index is 753. The number of likely N-dealkylation sites (tertiary alicyclic amines) is 1. The third-order valence-corrected chi connectivity index (χ3v) is 4.60. The summed E-state index contributed by atoms with van der Waals surface area (Å²) >= 11 is 0. The van der Waals surface area contributed by atoms with E-state index >= 15 is 0 Å². The van der Waals surface area contributed by atoms with E-state index in [-0.39, 0.29) is 17.9 Å². The molecular weight excluding hydrogens is 306 g/mol. The quantitative estimate of drug-likeness (QED) is 0.858. The fourth-order valence-corrected chi connectivity index (χ4v) is 3.07. The van der Waals surface area contributed by atoms with Crippen molar-refractivity contribution in [1.82, 2.24) is 25.0 Å². The van der Waals surface area contributed by atoms with Gasteiger partial charge in [-0.1, -0.05) is 19.0 Å².